The molecule has 2 aromatic rings. The van der Waals surface area contributed by atoms with Crippen LogP contribution >= 0.6 is 0 Å². The van der Waals surface area contributed by atoms with Crippen molar-refractivity contribution >= 4 is 44.9 Å². The monoisotopic (exact) mass is 401 g/mol. The standard InChI is InChI=1S/C13H11NO3.C6H8N2O2S/c1-8-12-9(6-7-11(15)17-2)4-3-5-10(12)14-13(8)16;7-5-1-3-6(4-2-5)11(8,9)10/h3-7H,1H2,2H3,(H,14,16);1-4H,7H2,(H2,8,9,10)/b7-6+;. The fraction of sp³-hybridized carbons (Fsp3) is 0.0526. The van der Waals surface area contributed by atoms with Gasteiger partial charge in [-0.3, -0.25) is 4.79 Å². The fourth-order valence-electron chi connectivity index (χ4n) is 2.34. The molecule has 0 aliphatic carbocycles. The molecule has 0 radical (unpaired) electrons. The van der Waals surface area contributed by atoms with Crippen LogP contribution in [0.25, 0.3) is 11.6 Å². The number of nitrogen functional groups attached to an aromatic ring is 1. The van der Waals surface area contributed by atoms with Gasteiger partial charge in [0.25, 0.3) is 5.91 Å². The summed E-state index contributed by atoms with van der Waals surface area (Å²) in [5, 5.41) is 7.54. The number of anilines is 2. The molecule has 146 valence electrons. The van der Waals surface area contributed by atoms with Crippen LogP contribution in [0, 0.1) is 0 Å². The summed E-state index contributed by atoms with van der Waals surface area (Å²) >= 11 is 0. The normalized spacial score (nSPS) is 12.8. The summed E-state index contributed by atoms with van der Waals surface area (Å²) in [6, 6.07) is 11.1. The number of sulfonamides is 1. The van der Waals surface area contributed by atoms with Crippen LogP contribution in [0.5, 0.6) is 0 Å². The van der Waals surface area contributed by atoms with Crippen molar-refractivity contribution in [1.82, 2.24) is 0 Å². The van der Waals surface area contributed by atoms with Crippen molar-refractivity contribution in [1.29, 1.82) is 0 Å². The van der Waals surface area contributed by atoms with E-state index < -0.39 is 16.0 Å². The second-order valence-electron chi connectivity index (χ2n) is 5.67. The first-order valence-electron chi connectivity index (χ1n) is 7.91. The molecule has 0 aromatic heterocycles. The van der Waals surface area contributed by atoms with Gasteiger partial charge in [0.15, 0.2) is 0 Å². The first-order valence-corrected chi connectivity index (χ1v) is 9.46. The number of benzene rings is 2. The van der Waals surface area contributed by atoms with E-state index in [0.717, 1.165) is 11.1 Å². The van der Waals surface area contributed by atoms with Crippen LogP contribution in [0.4, 0.5) is 11.4 Å². The first-order chi connectivity index (χ1) is 13.1. The number of amides is 1. The molecule has 8 nitrogen and oxygen atoms in total. The van der Waals surface area contributed by atoms with Crippen LogP contribution in [0.2, 0.25) is 0 Å². The summed E-state index contributed by atoms with van der Waals surface area (Å²) in [6.07, 6.45) is 2.92. The van der Waals surface area contributed by atoms with E-state index >= 15 is 0 Å². The Labute approximate surface area is 162 Å². The van der Waals surface area contributed by atoms with Gasteiger partial charge in [0, 0.05) is 28.6 Å². The number of carbonyl (C=O) groups is 2. The van der Waals surface area contributed by atoms with E-state index in [-0.39, 0.29) is 10.8 Å². The third kappa shape index (κ3) is 5.06. The number of methoxy groups -OCH3 is 1. The minimum absolute atomic E-state index is 0.0756. The van der Waals surface area contributed by atoms with Crippen LogP contribution in [0.1, 0.15) is 11.1 Å². The van der Waals surface area contributed by atoms with Crippen molar-refractivity contribution in [3.8, 4) is 0 Å². The Balaban J connectivity index is 0.000000221. The maximum absolute atomic E-state index is 11.5. The third-order valence-corrected chi connectivity index (χ3v) is 4.66. The summed E-state index contributed by atoms with van der Waals surface area (Å²) in [5.74, 6) is -0.649. The Morgan fingerprint density at radius 3 is 2.39 bits per heavy atom. The molecule has 28 heavy (non-hydrogen) atoms. The highest BCUT2D eigenvalue weighted by atomic mass is 32.2. The molecule has 0 unspecified atom stereocenters. The molecule has 9 heteroatoms. The average Bonchev–Trinajstić information content (AvgIpc) is 2.94. The zero-order chi connectivity index (χ0) is 20.9. The lowest BCUT2D eigenvalue weighted by Crippen LogP contribution is -2.11. The molecule has 3 rings (SSSR count). The van der Waals surface area contributed by atoms with Crippen molar-refractivity contribution < 1.29 is 22.7 Å². The number of rotatable bonds is 3. The van der Waals surface area contributed by atoms with Gasteiger partial charge < -0.3 is 15.8 Å². The summed E-state index contributed by atoms with van der Waals surface area (Å²) in [4.78, 5) is 22.5. The lowest BCUT2D eigenvalue weighted by Gasteiger charge is -2.02. The molecule has 1 amide bonds. The van der Waals surface area contributed by atoms with Gasteiger partial charge in [-0.05, 0) is 42.0 Å². The molecular formula is C19H19N3O5S. The number of carbonyl (C=O) groups excluding carboxylic acids is 2. The van der Waals surface area contributed by atoms with E-state index in [1.165, 1.54) is 37.5 Å². The van der Waals surface area contributed by atoms with Crippen LogP contribution < -0.4 is 16.2 Å². The Hall–Kier alpha value is -3.43. The highest BCUT2D eigenvalue weighted by molar-refractivity contribution is 7.89. The summed E-state index contributed by atoms with van der Waals surface area (Å²) in [5.41, 5.74) is 8.46. The van der Waals surface area contributed by atoms with Crippen molar-refractivity contribution in [2.45, 2.75) is 4.90 Å². The number of esters is 1. The smallest absolute Gasteiger partial charge is 0.330 e. The lowest BCUT2D eigenvalue weighted by atomic mass is 10.0. The quantitative estimate of drug-likeness (QED) is 0.406. The van der Waals surface area contributed by atoms with Gasteiger partial charge in [-0.2, -0.15) is 0 Å². The molecule has 2 aromatic carbocycles. The predicted molar refractivity (Wildman–Crippen MR) is 107 cm³/mol. The first kappa shape index (κ1) is 20.9. The number of hydrogen-bond donors (Lipinski definition) is 3. The molecule has 0 spiro atoms. The lowest BCUT2D eigenvalue weighted by molar-refractivity contribution is -0.134. The SMILES string of the molecule is C=C1C(=O)Nc2cccc(/C=C/C(=O)OC)c21.Nc1ccc(S(N)(=O)=O)cc1. The highest BCUT2D eigenvalue weighted by Crippen LogP contribution is 2.33. The predicted octanol–water partition coefficient (Wildman–Crippen LogP) is 1.75. The molecule has 0 atom stereocenters. The molecule has 1 heterocycles. The number of ether oxygens (including phenoxy) is 1. The van der Waals surface area contributed by atoms with E-state index in [9.17, 15) is 18.0 Å². The minimum atomic E-state index is -3.58. The summed E-state index contributed by atoms with van der Waals surface area (Å²) in [6.45, 7) is 3.72. The van der Waals surface area contributed by atoms with Gasteiger partial charge in [-0.1, -0.05) is 18.7 Å². The molecule has 0 saturated carbocycles. The Morgan fingerprint density at radius 2 is 1.82 bits per heavy atom. The second kappa shape index (κ2) is 8.51. The largest absolute Gasteiger partial charge is 0.466 e. The Morgan fingerprint density at radius 1 is 1.18 bits per heavy atom. The van der Waals surface area contributed by atoms with E-state index in [0.29, 0.717) is 16.9 Å². The zero-order valence-electron chi connectivity index (χ0n) is 15.0. The van der Waals surface area contributed by atoms with E-state index in [1.807, 2.05) is 6.07 Å². The van der Waals surface area contributed by atoms with Crippen LogP contribution in [-0.2, 0) is 24.3 Å². The van der Waals surface area contributed by atoms with Crippen molar-refractivity contribution in [2.75, 3.05) is 18.2 Å². The fourth-order valence-corrected chi connectivity index (χ4v) is 2.86. The minimum Gasteiger partial charge on any atom is -0.466 e. The molecule has 0 bridgehead atoms. The maximum Gasteiger partial charge on any atom is 0.330 e. The molecule has 1 aliphatic rings. The highest BCUT2D eigenvalue weighted by Gasteiger charge is 2.23. The number of nitrogens with two attached hydrogens (primary N) is 2. The summed E-state index contributed by atoms with van der Waals surface area (Å²) in [7, 11) is -2.26. The van der Waals surface area contributed by atoms with Gasteiger partial charge >= 0.3 is 5.97 Å². The molecule has 0 fully saturated rings. The van der Waals surface area contributed by atoms with Crippen LogP contribution in [0.15, 0.2) is 60.0 Å². The second-order valence-corrected chi connectivity index (χ2v) is 7.23. The Bertz CT molecular complexity index is 1060. The number of fused-ring (bicyclic) bond motifs is 1. The number of nitrogens with one attached hydrogen (secondary N) is 1. The zero-order valence-corrected chi connectivity index (χ0v) is 15.8. The maximum atomic E-state index is 11.5. The van der Waals surface area contributed by atoms with Crippen molar-refractivity contribution in [3.63, 3.8) is 0 Å². The van der Waals surface area contributed by atoms with Crippen LogP contribution in [-0.4, -0.2) is 27.4 Å². The summed E-state index contributed by atoms with van der Waals surface area (Å²) < 4.78 is 25.9. The van der Waals surface area contributed by atoms with E-state index in [4.69, 9.17) is 10.9 Å². The average molecular weight is 401 g/mol. The van der Waals surface area contributed by atoms with Crippen LogP contribution in [0.3, 0.4) is 0 Å². The molecular weight excluding hydrogens is 382 g/mol. The van der Waals surface area contributed by atoms with E-state index in [2.05, 4.69) is 16.6 Å². The van der Waals surface area contributed by atoms with Gasteiger partial charge in [0.2, 0.25) is 10.0 Å². The topological polar surface area (TPSA) is 142 Å². The van der Waals surface area contributed by atoms with Gasteiger partial charge in [0.1, 0.15) is 0 Å². The molecule has 0 saturated heterocycles. The van der Waals surface area contributed by atoms with E-state index in [1.54, 1.807) is 18.2 Å². The Kier molecular flexibility index (Phi) is 6.34. The van der Waals surface area contributed by atoms with Crippen molar-refractivity contribution in [3.05, 3.63) is 66.2 Å². The van der Waals surface area contributed by atoms with Gasteiger partial charge in [-0.25, -0.2) is 18.4 Å². The molecule has 5 N–H and O–H groups in total. The number of hydrogen-bond acceptors (Lipinski definition) is 6. The number of primary sulfonamides is 1. The van der Waals surface area contributed by atoms with Gasteiger partial charge in [0.05, 0.1) is 12.0 Å². The van der Waals surface area contributed by atoms with Gasteiger partial charge in [-0.15, -0.1) is 0 Å². The van der Waals surface area contributed by atoms with Crippen molar-refractivity contribution in [2.24, 2.45) is 5.14 Å². The third-order valence-electron chi connectivity index (χ3n) is 3.73. The molecule has 1 aliphatic heterocycles.